The third kappa shape index (κ3) is 3.12. The number of benzene rings is 2. The van der Waals surface area contributed by atoms with E-state index in [9.17, 15) is 0 Å². The average molecular weight is 366 g/mol. The fraction of sp³-hybridized carbons (Fsp3) is 0.0769. The average Bonchev–Trinajstić information content (AvgIpc) is 2.35. The van der Waals surface area contributed by atoms with Crippen molar-refractivity contribution in [3.63, 3.8) is 0 Å². The van der Waals surface area contributed by atoms with E-state index in [1.807, 2.05) is 12.1 Å². The Morgan fingerprint density at radius 3 is 2.44 bits per heavy atom. The third-order valence-electron chi connectivity index (χ3n) is 2.31. The second-order valence-electron chi connectivity index (χ2n) is 3.54. The molecular formula is C13H8BrCl3O. The molecule has 0 aliphatic rings. The van der Waals surface area contributed by atoms with Gasteiger partial charge in [0, 0.05) is 10.4 Å². The minimum atomic E-state index is 0.389. The Balaban J connectivity index is 2.29. The van der Waals surface area contributed by atoms with Gasteiger partial charge in [0.2, 0.25) is 0 Å². The normalized spacial score (nSPS) is 10.4. The van der Waals surface area contributed by atoms with Crippen molar-refractivity contribution in [3.05, 3.63) is 57.0 Å². The highest BCUT2D eigenvalue weighted by Crippen LogP contribution is 2.35. The Labute approximate surface area is 129 Å². The number of ether oxygens (including phenoxy) is 1. The van der Waals surface area contributed by atoms with Crippen LogP contribution in [0.15, 0.2) is 36.4 Å². The van der Waals surface area contributed by atoms with Crippen LogP contribution in [0.25, 0.3) is 0 Å². The lowest BCUT2D eigenvalue weighted by Crippen LogP contribution is -1.87. The molecule has 0 spiro atoms. The highest BCUT2D eigenvalue weighted by molar-refractivity contribution is 9.08. The Kier molecular flexibility index (Phi) is 4.79. The molecule has 0 amide bonds. The monoisotopic (exact) mass is 364 g/mol. The molecule has 0 fully saturated rings. The fourth-order valence-electron chi connectivity index (χ4n) is 1.39. The Hall–Kier alpha value is -0.410. The predicted octanol–water partition coefficient (Wildman–Crippen LogP) is 6.33. The van der Waals surface area contributed by atoms with Crippen LogP contribution in [0.1, 0.15) is 5.56 Å². The molecule has 0 aliphatic heterocycles. The summed E-state index contributed by atoms with van der Waals surface area (Å²) < 4.78 is 5.65. The lowest BCUT2D eigenvalue weighted by atomic mass is 10.2. The van der Waals surface area contributed by atoms with Crippen LogP contribution in [0, 0.1) is 0 Å². The summed E-state index contributed by atoms with van der Waals surface area (Å²) in [5.74, 6) is 1.13. The lowest BCUT2D eigenvalue weighted by molar-refractivity contribution is 0.483. The van der Waals surface area contributed by atoms with Gasteiger partial charge < -0.3 is 4.74 Å². The van der Waals surface area contributed by atoms with E-state index >= 15 is 0 Å². The number of hydrogen-bond donors (Lipinski definition) is 0. The minimum Gasteiger partial charge on any atom is -0.456 e. The molecule has 2 aromatic rings. The third-order valence-corrected chi connectivity index (χ3v) is 4.07. The first-order valence-electron chi connectivity index (χ1n) is 5.08. The summed E-state index contributed by atoms with van der Waals surface area (Å²) in [6.07, 6.45) is 0. The first-order valence-corrected chi connectivity index (χ1v) is 7.33. The van der Waals surface area contributed by atoms with Crippen molar-refractivity contribution in [1.29, 1.82) is 0 Å². The van der Waals surface area contributed by atoms with Gasteiger partial charge in [0.25, 0.3) is 0 Å². The molecule has 18 heavy (non-hydrogen) atoms. The summed E-state index contributed by atoms with van der Waals surface area (Å²) in [6, 6.07) is 10.7. The standard InChI is InChI=1S/C13H8BrCl3O/c14-7-8-4-5-9(6-11(8)16)18-12-3-1-2-10(15)13(12)17/h1-6H,7H2. The van der Waals surface area contributed by atoms with Crippen molar-refractivity contribution in [3.8, 4) is 11.5 Å². The highest BCUT2D eigenvalue weighted by atomic mass is 79.9. The molecule has 0 heterocycles. The topological polar surface area (TPSA) is 9.23 Å². The van der Waals surface area contributed by atoms with Gasteiger partial charge in [-0.2, -0.15) is 0 Å². The van der Waals surface area contributed by atoms with Gasteiger partial charge in [-0.3, -0.25) is 0 Å². The molecule has 0 aromatic heterocycles. The van der Waals surface area contributed by atoms with Gasteiger partial charge in [-0.25, -0.2) is 0 Å². The van der Waals surface area contributed by atoms with Gasteiger partial charge in [0.15, 0.2) is 0 Å². The van der Waals surface area contributed by atoms with Gasteiger partial charge in [-0.15, -0.1) is 0 Å². The first kappa shape index (κ1) is 14.0. The van der Waals surface area contributed by atoms with Crippen LogP contribution < -0.4 is 4.74 Å². The first-order chi connectivity index (χ1) is 8.61. The molecule has 0 aliphatic carbocycles. The molecule has 2 rings (SSSR count). The van der Waals surface area contributed by atoms with E-state index in [2.05, 4.69) is 15.9 Å². The minimum absolute atomic E-state index is 0.389. The van der Waals surface area contributed by atoms with Crippen LogP contribution in [-0.2, 0) is 5.33 Å². The second-order valence-corrected chi connectivity index (χ2v) is 5.29. The number of rotatable bonds is 3. The van der Waals surface area contributed by atoms with Crippen LogP contribution in [-0.4, -0.2) is 0 Å². The zero-order chi connectivity index (χ0) is 13.1. The van der Waals surface area contributed by atoms with Crippen LogP contribution in [0.5, 0.6) is 11.5 Å². The summed E-state index contributed by atoms with van der Waals surface area (Å²) in [5, 5.41) is 2.18. The summed E-state index contributed by atoms with van der Waals surface area (Å²) in [6.45, 7) is 0. The molecule has 0 N–H and O–H groups in total. The predicted molar refractivity (Wildman–Crippen MR) is 80.6 cm³/mol. The van der Waals surface area contributed by atoms with Crippen molar-refractivity contribution >= 4 is 50.7 Å². The molecular weight excluding hydrogens is 358 g/mol. The Morgan fingerprint density at radius 1 is 1.00 bits per heavy atom. The van der Waals surface area contributed by atoms with E-state index in [4.69, 9.17) is 39.5 Å². The molecule has 0 atom stereocenters. The number of halogens is 4. The largest absolute Gasteiger partial charge is 0.456 e. The van der Waals surface area contributed by atoms with E-state index in [0.717, 1.165) is 5.56 Å². The van der Waals surface area contributed by atoms with Crippen molar-refractivity contribution < 1.29 is 4.74 Å². The van der Waals surface area contributed by atoms with Crippen molar-refractivity contribution in [1.82, 2.24) is 0 Å². The SMILES string of the molecule is Clc1cc(Oc2cccc(Cl)c2Cl)ccc1CBr. The van der Waals surface area contributed by atoms with Gasteiger partial charge in [-0.05, 0) is 29.8 Å². The van der Waals surface area contributed by atoms with E-state index in [1.54, 1.807) is 24.3 Å². The van der Waals surface area contributed by atoms with Crippen LogP contribution in [0.4, 0.5) is 0 Å². The fourth-order valence-corrected chi connectivity index (χ4v) is 2.61. The Bertz CT molecular complexity index is 572. The highest BCUT2D eigenvalue weighted by Gasteiger charge is 2.08. The zero-order valence-corrected chi connectivity index (χ0v) is 12.9. The van der Waals surface area contributed by atoms with Gasteiger partial charge >= 0.3 is 0 Å². The molecule has 94 valence electrons. The lowest BCUT2D eigenvalue weighted by Gasteiger charge is -2.09. The number of hydrogen-bond acceptors (Lipinski definition) is 1. The molecule has 0 saturated carbocycles. The smallest absolute Gasteiger partial charge is 0.147 e. The van der Waals surface area contributed by atoms with E-state index in [-0.39, 0.29) is 0 Å². The summed E-state index contributed by atoms with van der Waals surface area (Å²) in [7, 11) is 0. The maximum Gasteiger partial charge on any atom is 0.147 e. The molecule has 5 heteroatoms. The van der Waals surface area contributed by atoms with Crippen LogP contribution in [0.3, 0.4) is 0 Å². The van der Waals surface area contributed by atoms with E-state index in [1.165, 1.54) is 0 Å². The van der Waals surface area contributed by atoms with E-state index < -0.39 is 0 Å². The van der Waals surface area contributed by atoms with Gasteiger partial charge in [-0.1, -0.05) is 62.9 Å². The summed E-state index contributed by atoms with van der Waals surface area (Å²) in [4.78, 5) is 0. The van der Waals surface area contributed by atoms with Crippen molar-refractivity contribution in [2.24, 2.45) is 0 Å². The summed E-state index contributed by atoms with van der Waals surface area (Å²) in [5.41, 5.74) is 1.00. The molecule has 1 nitrogen and oxygen atoms in total. The van der Waals surface area contributed by atoms with Gasteiger partial charge in [0.05, 0.1) is 5.02 Å². The maximum atomic E-state index is 6.10. The van der Waals surface area contributed by atoms with Crippen LogP contribution in [0.2, 0.25) is 15.1 Å². The van der Waals surface area contributed by atoms with Gasteiger partial charge in [0.1, 0.15) is 16.5 Å². The number of alkyl halides is 1. The second kappa shape index (κ2) is 6.16. The van der Waals surface area contributed by atoms with Crippen LogP contribution >= 0.6 is 50.7 Å². The molecule has 0 radical (unpaired) electrons. The quantitative estimate of drug-likeness (QED) is 0.576. The molecule has 0 unspecified atom stereocenters. The molecule has 2 aromatic carbocycles. The summed E-state index contributed by atoms with van der Waals surface area (Å²) >= 11 is 21.4. The van der Waals surface area contributed by atoms with Crippen molar-refractivity contribution in [2.75, 3.05) is 0 Å². The molecule has 0 saturated heterocycles. The van der Waals surface area contributed by atoms with Crippen molar-refractivity contribution in [2.45, 2.75) is 5.33 Å². The maximum absolute atomic E-state index is 6.10. The van der Waals surface area contributed by atoms with E-state index in [0.29, 0.717) is 31.9 Å². The molecule has 0 bridgehead atoms. The zero-order valence-electron chi connectivity index (χ0n) is 9.09. The Morgan fingerprint density at radius 2 is 1.78 bits per heavy atom.